The second kappa shape index (κ2) is 4.54. The Balaban J connectivity index is 2.43. The summed E-state index contributed by atoms with van der Waals surface area (Å²) in [5.41, 5.74) is 11.3. The lowest BCUT2D eigenvalue weighted by molar-refractivity contribution is 0.548. The van der Waals surface area contributed by atoms with Gasteiger partial charge in [-0.25, -0.2) is 0 Å². The van der Waals surface area contributed by atoms with Crippen molar-refractivity contribution >= 4 is 0 Å². The van der Waals surface area contributed by atoms with E-state index in [2.05, 4.69) is 42.2 Å². The van der Waals surface area contributed by atoms with Crippen LogP contribution in [0.5, 0.6) is 0 Å². The lowest BCUT2D eigenvalue weighted by Gasteiger charge is -2.21. The number of pyridine rings is 1. The van der Waals surface area contributed by atoms with Crippen LogP contribution in [0, 0.1) is 13.8 Å². The summed E-state index contributed by atoms with van der Waals surface area (Å²) in [7, 11) is 0. The number of rotatable bonds is 2. The van der Waals surface area contributed by atoms with Crippen molar-refractivity contribution in [3.63, 3.8) is 0 Å². The molecule has 0 radical (unpaired) electrons. The molecule has 2 nitrogen and oxygen atoms in total. The van der Waals surface area contributed by atoms with Crippen molar-refractivity contribution in [3.05, 3.63) is 53.2 Å². The number of nitrogens with two attached hydrogens (primary N) is 1. The first-order valence-electron chi connectivity index (χ1n) is 6.22. The first-order valence-corrected chi connectivity index (χ1v) is 6.22. The highest BCUT2D eigenvalue weighted by molar-refractivity contribution is 5.60. The molecule has 0 saturated heterocycles. The van der Waals surface area contributed by atoms with Crippen LogP contribution in [0.25, 0.3) is 11.3 Å². The lowest BCUT2D eigenvalue weighted by atomic mass is 9.93. The quantitative estimate of drug-likeness (QED) is 0.871. The summed E-state index contributed by atoms with van der Waals surface area (Å²) in [6.07, 6.45) is 0. The minimum atomic E-state index is -0.344. The standard InChI is InChI=1S/C16H20N2/c1-11-5-7-13(8-6-11)15-10-9-14(12(2)18-15)16(3,4)17/h5-10H,17H2,1-4H3. The topological polar surface area (TPSA) is 38.9 Å². The predicted octanol–water partition coefficient (Wildman–Crippen LogP) is 3.56. The fraction of sp³-hybridized carbons (Fsp3) is 0.312. The largest absolute Gasteiger partial charge is 0.322 e. The third-order valence-corrected chi connectivity index (χ3v) is 3.13. The molecule has 1 aromatic heterocycles. The zero-order chi connectivity index (χ0) is 13.3. The van der Waals surface area contributed by atoms with Gasteiger partial charge in [0, 0.05) is 16.8 Å². The fourth-order valence-electron chi connectivity index (χ4n) is 2.13. The number of aryl methyl sites for hydroxylation is 2. The summed E-state index contributed by atoms with van der Waals surface area (Å²) >= 11 is 0. The number of hydrogen-bond acceptors (Lipinski definition) is 2. The Kier molecular flexibility index (Phi) is 3.22. The van der Waals surface area contributed by atoms with E-state index in [1.54, 1.807) is 0 Å². The maximum absolute atomic E-state index is 6.13. The molecule has 0 aliphatic heterocycles. The molecule has 0 aliphatic carbocycles. The van der Waals surface area contributed by atoms with Gasteiger partial charge in [0.25, 0.3) is 0 Å². The predicted molar refractivity (Wildman–Crippen MR) is 76.4 cm³/mol. The number of hydrogen-bond donors (Lipinski definition) is 1. The minimum absolute atomic E-state index is 0.344. The van der Waals surface area contributed by atoms with Crippen LogP contribution in [0.4, 0.5) is 0 Å². The molecule has 2 rings (SSSR count). The van der Waals surface area contributed by atoms with Crippen molar-refractivity contribution in [1.29, 1.82) is 0 Å². The van der Waals surface area contributed by atoms with Gasteiger partial charge in [0.1, 0.15) is 0 Å². The molecule has 2 heteroatoms. The molecule has 1 heterocycles. The average molecular weight is 240 g/mol. The smallest absolute Gasteiger partial charge is 0.0705 e. The Morgan fingerprint density at radius 2 is 1.56 bits per heavy atom. The summed E-state index contributed by atoms with van der Waals surface area (Å²) in [6, 6.07) is 12.5. The molecule has 1 aromatic carbocycles. The van der Waals surface area contributed by atoms with E-state index < -0.39 is 0 Å². The van der Waals surface area contributed by atoms with Gasteiger partial charge in [-0.15, -0.1) is 0 Å². The number of aromatic nitrogens is 1. The summed E-state index contributed by atoms with van der Waals surface area (Å²) in [5, 5.41) is 0. The van der Waals surface area contributed by atoms with Gasteiger partial charge in [-0.1, -0.05) is 35.9 Å². The Labute approximate surface area is 109 Å². The van der Waals surface area contributed by atoms with Crippen molar-refractivity contribution in [2.75, 3.05) is 0 Å². The van der Waals surface area contributed by atoms with Gasteiger partial charge < -0.3 is 5.73 Å². The molecule has 0 amide bonds. The van der Waals surface area contributed by atoms with Crippen LogP contribution >= 0.6 is 0 Å². The van der Waals surface area contributed by atoms with Crippen molar-refractivity contribution in [3.8, 4) is 11.3 Å². The molecular weight excluding hydrogens is 220 g/mol. The van der Waals surface area contributed by atoms with Crippen molar-refractivity contribution in [2.24, 2.45) is 5.73 Å². The van der Waals surface area contributed by atoms with Crippen LogP contribution in [0.1, 0.15) is 30.7 Å². The highest BCUT2D eigenvalue weighted by Crippen LogP contribution is 2.24. The Hall–Kier alpha value is -1.67. The van der Waals surface area contributed by atoms with Gasteiger partial charge in [0.05, 0.1) is 5.69 Å². The van der Waals surface area contributed by atoms with Crippen molar-refractivity contribution in [1.82, 2.24) is 4.98 Å². The van der Waals surface area contributed by atoms with E-state index in [1.807, 2.05) is 26.8 Å². The lowest BCUT2D eigenvalue weighted by Crippen LogP contribution is -2.29. The Morgan fingerprint density at radius 1 is 0.944 bits per heavy atom. The van der Waals surface area contributed by atoms with Crippen LogP contribution in [-0.4, -0.2) is 4.98 Å². The van der Waals surface area contributed by atoms with E-state index in [1.165, 1.54) is 5.56 Å². The van der Waals surface area contributed by atoms with Crippen LogP contribution in [-0.2, 0) is 5.54 Å². The average Bonchev–Trinajstić information content (AvgIpc) is 2.28. The molecule has 0 fully saturated rings. The number of benzene rings is 1. The van der Waals surface area contributed by atoms with Crippen LogP contribution in [0.3, 0.4) is 0 Å². The Bertz CT molecular complexity index is 548. The molecule has 2 N–H and O–H groups in total. The molecule has 0 saturated carbocycles. The van der Waals surface area contributed by atoms with E-state index in [0.29, 0.717) is 0 Å². The first kappa shape index (κ1) is 12.8. The van der Waals surface area contributed by atoms with Gasteiger partial charge in [-0.05, 0) is 39.3 Å². The maximum Gasteiger partial charge on any atom is 0.0705 e. The van der Waals surface area contributed by atoms with Crippen LogP contribution in [0.15, 0.2) is 36.4 Å². The SMILES string of the molecule is Cc1ccc(-c2ccc(C(C)(C)N)c(C)n2)cc1. The molecular formula is C16H20N2. The van der Waals surface area contributed by atoms with Gasteiger partial charge in [0.2, 0.25) is 0 Å². The third-order valence-electron chi connectivity index (χ3n) is 3.13. The molecule has 0 bridgehead atoms. The fourth-order valence-corrected chi connectivity index (χ4v) is 2.13. The molecule has 2 aromatic rings. The highest BCUT2D eigenvalue weighted by atomic mass is 14.8. The second-order valence-corrected chi connectivity index (χ2v) is 5.42. The van der Waals surface area contributed by atoms with E-state index in [0.717, 1.165) is 22.5 Å². The van der Waals surface area contributed by atoms with Crippen molar-refractivity contribution in [2.45, 2.75) is 33.2 Å². The number of nitrogens with zero attached hydrogens (tertiary/aromatic N) is 1. The van der Waals surface area contributed by atoms with Crippen LogP contribution < -0.4 is 5.73 Å². The van der Waals surface area contributed by atoms with Gasteiger partial charge in [-0.3, -0.25) is 4.98 Å². The monoisotopic (exact) mass is 240 g/mol. The zero-order valence-electron chi connectivity index (χ0n) is 11.5. The first-order chi connectivity index (χ1) is 8.38. The van der Waals surface area contributed by atoms with Gasteiger partial charge in [0.15, 0.2) is 0 Å². The summed E-state index contributed by atoms with van der Waals surface area (Å²) in [4.78, 5) is 4.66. The van der Waals surface area contributed by atoms with Crippen LogP contribution in [0.2, 0.25) is 0 Å². The molecule has 0 unspecified atom stereocenters. The van der Waals surface area contributed by atoms with Crippen molar-refractivity contribution < 1.29 is 0 Å². The summed E-state index contributed by atoms with van der Waals surface area (Å²) in [6.45, 7) is 8.11. The zero-order valence-corrected chi connectivity index (χ0v) is 11.5. The van der Waals surface area contributed by atoms with E-state index >= 15 is 0 Å². The summed E-state index contributed by atoms with van der Waals surface area (Å²) < 4.78 is 0. The normalized spacial score (nSPS) is 11.6. The van der Waals surface area contributed by atoms with E-state index in [-0.39, 0.29) is 5.54 Å². The molecule has 0 spiro atoms. The highest BCUT2D eigenvalue weighted by Gasteiger charge is 2.17. The van der Waals surface area contributed by atoms with Gasteiger partial charge >= 0.3 is 0 Å². The molecule has 18 heavy (non-hydrogen) atoms. The maximum atomic E-state index is 6.13. The van der Waals surface area contributed by atoms with Gasteiger partial charge in [-0.2, -0.15) is 0 Å². The van der Waals surface area contributed by atoms with E-state index in [4.69, 9.17) is 5.73 Å². The molecule has 0 atom stereocenters. The molecule has 94 valence electrons. The van der Waals surface area contributed by atoms with E-state index in [9.17, 15) is 0 Å². The molecule has 0 aliphatic rings. The summed E-state index contributed by atoms with van der Waals surface area (Å²) in [5.74, 6) is 0. The minimum Gasteiger partial charge on any atom is -0.322 e. The third kappa shape index (κ3) is 2.59. The Morgan fingerprint density at radius 3 is 2.06 bits per heavy atom. The second-order valence-electron chi connectivity index (χ2n) is 5.42.